The molecule has 0 aliphatic rings. The van der Waals surface area contributed by atoms with Gasteiger partial charge in [0.05, 0.1) is 12.8 Å². The van der Waals surface area contributed by atoms with Gasteiger partial charge in [-0.15, -0.1) is 0 Å². The third kappa shape index (κ3) is 5.23. The van der Waals surface area contributed by atoms with Crippen molar-refractivity contribution >= 4 is 35.7 Å². The molecular weight excluding hydrogens is 243 g/mol. The molecule has 0 aromatic heterocycles. The lowest BCUT2D eigenvalue weighted by Crippen LogP contribution is -2.27. The van der Waals surface area contributed by atoms with Crippen molar-refractivity contribution in [2.45, 2.75) is 33.6 Å². The number of halogens is 2. The van der Waals surface area contributed by atoms with E-state index in [0.29, 0.717) is 0 Å². The first-order chi connectivity index (χ1) is 6.83. The number of hydrogen-bond donors (Lipinski definition) is 0. The molecule has 0 saturated carbocycles. The Morgan fingerprint density at radius 1 is 1.20 bits per heavy atom. The van der Waals surface area contributed by atoms with E-state index in [1.165, 1.54) is 0 Å². The van der Waals surface area contributed by atoms with Gasteiger partial charge >= 0.3 is 11.9 Å². The molecule has 1 atom stereocenters. The van der Waals surface area contributed by atoms with Crippen LogP contribution in [-0.2, 0) is 18.2 Å². The van der Waals surface area contributed by atoms with Crippen LogP contribution in [0.3, 0.4) is 0 Å². The second-order valence-electron chi connectivity index (χ2n) is 4.17. The normalized spacial score (nSPS) is 13.1. The molecule has 0 aromatic carbocycles. The number of hydrogen-bond acceptors (Lipinski definition) is 4. The van der Waals surface area contributed by atoms with Crippen molar-refractivity contribution in [3.05, 3.63) is 0 Å². The fraction of sp³-hybridized carbons (Fsp3) is 0.778. The topological polar surface area (TPSA) is 52.6 Å². The highest BCUT2D eigenvalue weighted by molar-refractivity contribution is 6.13. The van der Waals surface area contributed by atoms with Crippen LogP contribution in [0, 0.1) is 11.3 Å². The molecular formula is C9H14Cl2O4. The Hall–Kier alpha value is -0.480. The summed E-state index contributed by atoms with van der Waals surface area (Å²) in [6.07, 6.45) is 0.277. The summed E-state index contributed by atoms with van der Waals surface area (Å²) in [7, 11) is 0. The summed E-state index contributed by atoms with van der Waals surface area (Å²) < 4.78 is 8.10. The van der Waals surface area contributed by atoms with Gasteiger partial charge in [0.2, 0.25) is 0 Å². The van der Waals surface area contributed by atoms with Gasteiger partial charge in [0.1, 0.15) is 23.7 Å². The van der Waals surface area contributed by atoms with Crippen molar-refractivity contribution in [3.8, 4) is 0 Å². The Balaban J connectivity index is 4.31. The SMILES string of the molecule is CC(CC(=O)OCl)C(C)(C)CC(=O)OCl. The van der Waals surface area contributed by atoms with Crippen LogP contribution in [0.4, 0.5) is 0 Å². The van der Waals surface area contributed by atoms with Crippen molar-refractivity contribution in [2.24, 2.45) is 11.3 Å². The zero-order chi connectivity index (χ0) is 12.1. The molecule has 1 unspecified atom stereocenters. The maximum atomic E-state index is 11.0. The molecule has 0 spiro atoms. The molecule has 4 nitrogen and oxygen atoms in total. The van der Waals surface area contributed by atoms with Crippen molar-refractivity contribution < 1.29 is 18.2 Å². The summed E-state index contributed by atoms with van der Waals surface area (Å²) in [5, 5.41) is 0. The highest BCUT2D eigenvalue weighted by Gasteiger charge is 2.31. The highest BCUT2D eigenvalue weighted by Crippen LogP contribution is 2.33. The molecule has 0 N–H and O–H groups in total. The summed E-state index contributed by atoms with van der Waals surface area (Å²) in [6.45, 7) is 5.51. The first kappa shape index (κ1) is 14.5. The number of carbonyl (C=O) groups is 2. The maximum Gasteiger partial charge on any atom is 0.325 e. The molecule has 0 aliphatic heterocycles. The summed E-state index contributed by atoms with van der Waals surface area (Å²) in [4.78, 5) is 21.9. The van der Waals surface area contributed by atoms with E-state index >= 15 is 0 Å². The second kappa shape index (κ2) is 6.18. The van der Waals surface area contributed by atoms with Crippen LogP contribution in [0.5, 0.6) is 0 Å². The Morgan fingerprint density at radius 3 is 2.07 bits per heavy atom. The first-order valence-electron chi connectivity index (χ1n) is 4.46. The van der Waals surface area contributed by atoms with Gasteiger partial charge in [0, 0.05) is 0 Å². The monoisotopic (exact) mass is 256 g/mol. The van der Waals surface area contributed by atoms with E-state index in [1.54, 1.807) is 0 Å². The molecule has 0 aliphatic carbocycles. The number of rotatable bonds is 5. The lowest BCUT2D eigenvalue weighted by molar-refractivity contribution is -0.140. The minimum absolute atomic E-state index is 0.0699. The molecule has 0 saturated heterocycles. The van der Waals surface area contributed by atoms with E-state index in [9.17, 15) is 9.59 Å². The van der Waals surface area contributed by atoms with Crippen molar-refractivity contribution in [3.63, 3.8) is 0 Å². The molecule has 0 bridgehead atoms. The fourth-order valence-electron chi connectivity index (χ4n) is 1.13. The van der Waals surface area contributed by atoms with E-state index in [0.717, 1.165) is 0 Å². The predicted molar refractivity (Wildman–Crippen MR) is 56.1 cm³/mol. The molecule has 88 valence electrons. The molecule has 0 fully saturated rings. The summed E-state index contributed by atoms with van der Waals surface area (Å²) in [6, 6.07) is 0. The largest absolute Gasteiger partial charge is 0.348 e. The van der Waals surface area contributed by atoms with Gasteiger partial charge in [-0.25, -0.2) is 0 Å². The molecule has 0 radical (unpaired) electrons. The van der Waals surface area contributed by atoms with Gasteiger partial charge in [0.15, 0.2) is 0 Å². The van der Waals surface area contributed by atoms with Crippen LogP contribution >= 0.6 is 23.7 Å². The Morgan fingerprint density at radius 2 is 1.67 bits per heavy atom. The summed E-state index contributed by atoms with van der Waals surface area (Å²) in [5.74, 6) is -1.11. The fourth-order valence-corrected chi connectivity index (χ4v) is 1.25. The van der Waals surface area contributed by atoms with Gasteiger partial charge in [-0.3, -0.25) is 9.59 Å². The zero-order valence-electron chi connectivity index (χ0n) is 8.88. The smallest absolute Gasteiger partial charge is 0.325 e. The van der Waals surface area contributed by atoms with Gasteiger partial charge in [-0.2, -0.15) is 0 Å². The van der Waals surface area contributed by atoms with Gasteiger partial charge in [-0.05, 0) is 11.3 Å². The number of carbonyl (C=O) groups excluding carboxylic acids is 2. The quantitative estimate of drug-likeness (QED) is 0.759. The Bertz CT molecular complexity index is 240. The third-order valence-corrected chi connectivity index (χ3v) is 2.92. The Kier molecular flexibility index (Phi) is 5.98. The Labute approximate surface area is 99.2 Å². The minimum atomic E-state index is -0.521. The molecule has 0 aromatic rings. The van der Waals surface area contributed by atoms with Crippen LogP contribution in [0.25, 0.3) is 0 Å². The van der Waals surface area contributed by atoms with Crippen LogP contribution in [-0.4, -0.2) is 11.9 Å². The third-order valence-electron chi connectivity index (χ3n) is 2.58. The summed E-state index contributed by atoms with van der Waals surface area (Å²) >= 11 is 9.85. The maximum absolute atomic E-state index is 11.0. The van der Waals surface area contributed by atoms with Crippen LogP contribution < -0.4 is 0 Å². The molecule has 0 amide bonds. The van der Waals surface area contributed by atoms with Gasteiger partial charge in [-0.1, -0.05) is 20.8 Å². The zero-order valence-corrected chi connectivity index (χ0v) is 10.4. The van der Waals surface area contributed by atoms with Crippen LogP contribution in [0.1, 0.15) is 33.6 Å². The lowest BCUT2D eigenvalue weighted by atomic mass is 9.76. The molecule has 6 heteroatoms. The average molecular weight is 257 g/mol. The van der Waals surface area contributed by atoms with Crippen molar-refractivity contribution in [2.75, 3.05) is 0 Å². The average Bonchev–Trinajstić information content (AvgIpc) is 2.16. The van der Waals surface area contributed by atoms with Gasteiger partial charge < -0.3 is 8.58 Å². The van der Waals surface area contributed by atoms with E-state index in [4.69, 9.17) is 23.7 Å². The van der Waals surface area contributed by atoms with E-state index in [-0.39, 0.29) is 18.8 Å². The second-order valence-corrected chi connectivity index (χ2v) is 4.48. The highest BCUT2D eigenvalue weighted by atomic mass is 35.5. The summed E-state index contributed by atoms with van der Waals surface area (Å²) in [5.41, 5.74) is -0.406. The lowest BCUT2D eigenvalue weighted by Gasteiger charge is -2.29. The van der Waals surface area contributed by atoms with E-state index in [1.807, 2.05) is 20.8 Å². The predicted octanol–water partition coefficient (Wildman–Crippen LogP) is 2.82. The van der Waals surface area contributed by atoms with E-state index < -0.39 is 17.4 Å². The van der Waals surface area contributed by atoms with Crippen LogP contribution in [0.2, 0.25) is 0 Å². The minimum Gasteiger partial charge on any atom is -0.348 e. The standard InChI is InChI=1S/C9H14Cl2O4/c1-6(4-7(12)14-10)9(2,3)5-8(13)15-11/h6H,4-5H2,1-3H3. The van der Waals surface area contributed by atoms with Crippen LogP contribution in [0.15, 0.2) is 0 Å². The van der Waals surface area contributed by atoms with E-state index in [2.05, 4.69) is 8.58 Å². The van der Waals surface area contributed by atoms with Crippen molar-refractivity contribution in [1.29, 1.82) is 0 Å². The van der Waals surface area contributed by atoms with Crippen molar-refractivity contribution in [1.82, 2.24) is 0 Å². The first-order valence-corrected chi connectivity index (χ1v) is 5.08. The molecule has 0 rings (SSSR count). The molecule has 0 heterocycles. The van der Waals surface area contributed by atoms with Gasteiger partial charge in [0.25, 0.3) is 0 Å². The molecule has 15 heavy (non-hydrogen) atoms.